The van der Waals surface area contributed by atoms with E-state index in [-0.39, 0.29) is 7.43 Å². The summed E-state index contributed by atoms with van der Waals surface area (Å²) in [6.45, 7) is 6.81. The summed E-state index contributed by atoms with van der Waals surface area (Å²) in [6, 6.07) is 0. The van der Waals surface area contributed by atoms with Crippen molar-refractivity contribution in [3.8, 4) is 0 Å². The Morgan fingerprint density at radius 3 is 1.30 bits per heavy atom. The minimum absolute atomic E-state index is 0. The summed E-state index contributed by atoms with van der Waals surface area (Å²) >= 11 is 0. The Morgan fingerprint density at radius 1 is 0.440 bits per heavy atom. The van der Waals surface area contributed by atoms with Crippen LogP contribution in [0.4, 0.5) is 0 Å². The first kappa shape index (κ1) is 48.0. The van der Waals surface area contributed by atoms with Crippen LogP contribution in [0.5, 0.6) is 0 Å². The molecule has 1 aliphatic heterocycles. The highest BCUT2D eigenvalue weighted by Crippen LogP contribution is 2.29. The lowest BCUT2D eigenvalue weighted by Gasteiger charge is -2.28. The van der Waals surface area contributed by atoms with E-state index in [1.807, 2.05) is 0 Å². The molecule has 1 heterocycles. The minimum Gasteiger partial charge on any atom is -0.486 e. The average Bonchev–Trinajstić information content (AvgIpc) is 3.11. The second kappa shape index (κ2) is 39.8. The van der Waals surface area contributed by atoms with Gasteiger partial charge in [-0.2, -0.15) is 0 Å². The van der Waals surface area contributed by atoms with Crippen molar-refractivity contribution in [2.24, 2.45) is 5.92 Å². The van der Waals surface area contributed by atoms with Gasteiger partial charge in [-0.15, -0.1) is 0 Å². The van der Waals surface area contributed by atoms with E-state index < -0.39 is 0 Å². The molecule has 0 aromatic heterocycles. The van der Waals surface area contributed by atoms with Gasteiger partial charge in [0.05, 0.1) is 0 Å². The molecular weight excluding hydrogens is 605 g/mol. The van der Waals surface area contributed by atoms with Crippen LogP contribution in [-0.2, 0) is 4.74 Å². The fourth-order valence-electron chi connectivity index (χ4n) is 6.50. The van der Waals surface area contributed by atoms with Crippen molar-refractivity contribution < 1.29 is 4.74 Å². The zero-order valence-electron chi connectivity index (χ0n) is 33.0. The van der Waals surface area contributed by atoms with E-state index in [2.05, 4.69) is 93.3 Å². The van der Waals surface area contributed by atoms with Crippen LogP contribution in [0.3, 0.4) is 0 Å². The van der Waals surface area contributed by atoms with Crippen LogP contribution >= 0.6 is 0 Å². The van der Waals surface area contributed by atoms with Crippen molar-refractivity contribution in [1.29, 1.82) is 0 Å². The van der Waals surface area contributed by atoms with Crippen molar-refractivity contribution in [1.82, 2.24) is 0 Å². The Bertz CT molecular complexity index is 907. The lowest BCUT2D eigenvalue weighted by atomic mass is 9.90. The number of allylic oxidation sites excluding steroid dienone is 10. The molecule has 1 rings (SSSR count). The van der Waals surface area contributed by atoms with Crippen molar-refractivity contribution in [3.63, 3.8) is 0 Å². The van der Waals surface area contributed by atoms with Crippen LogP contribution in [0.25, 0.3) is 0 Å². The number of ether oxygens (including phenoxy) is 1. The summed E-state index contributed by atoms with van der Waals surface area (Å²) in [5, 5.41) is 0. The molecule has 0 saturated carbocycles. The first-order valence-corrected chi connectivity index (χ1v) is 21.6. The lowest BCUT2D eigenvalue weighted by molar-refractivity contribution is 0.0529. The topological polar surface area (TPSA) is 9.23 Å². The van der Waals surface area contributed by atoms with E-state index in [9.17, 15) is 0 Å². The third kappa shape index (κ3) is 32.0. The third-order valence-corrected chi connectivity index (χ3v) is 9.72. The molecule has 0 spiro atoms. The zero-order chi connectivity index (χ0) is 35.1. The highest BCUT2D eigenvalue weighted by molar-refractivity contribution is 5.02. The largest absolute Gasteiger partial charge is 0.486 e. The molecule has 0 aromatic rings. The van der Waals surface area contributed by atoms with Gasteiger partial charge in [0.15, 0.2) is 0 Å². The van der Waals surface area contributed by atoms with Gasteiger partial charge in [0.25, 0.3) is 0 Å². The maximum absolute atomic E-state index is 6.62. The number of unbranched alkanes of at least 4 members (excludes halogenated alkanes) is 19. The van der Waals surface area contributed by atoms with Gasteiger partial charge in [0.1, 0.15) is 11.9 Å². The smallest absolute Gasteiger partial charge is 0.139 e. The molecule has 2 unspecified atom stereocenters. The van der Waals surface area contributed by atoms with Gasteiger partial charge in [0.2, 0.25) is 0 Å². The van der Waals surface area contributed by atoms with Gasteiger partial charge in [-0.25, -0.2) is 0 Å². The van der Waals surface area contributed by atoms with Crippen molar-refractivity contribution >= 4 is 0 Å². The van der Waals surface area contributed by atoms with Crippen LogP contribution in [-0.4, -0.2) is 6.10 Å². The van der Waals surface area contributed by atoms with Gasteiger partial charge in [-0.1, -0.05) is 178 Å². The second-order valence-electron chi connectivity index (χ2n) is 14.5. The molecule has 0 fully saturated rings. The Hall–Kier alpha value is -1.98. The van der Waals surface area contributed by atoms with Gasteiger partial charge >= 0.3 is 0 Å². The maximum atomic E-state index is 6.62. The van der Waals surface area contributed by atoms with E-state index in [1.165, 1.54) is 167 Å². The second-order valence-corrected chi connectivity index (χ2v) is 14.5. The first-order valence-electron chi connectivity index (χ1n) is 21.6. The molecule has 1 heteroatoms. The van der Waals surface area contributed by atoms with Gasteiger partial charge in [-0.05, 0) is 103 Å². The predicted octanol–water partition coefficient (Wildman–Crippen LogP) is 17.0. The van der Waals surface area contributed by atoms with E-state index in [0.29, 0.717) is 12.0 Å². The fourth-order valence-corrected chi connectivity index (χ4v) is 6.50. The molecule has 0 N–H and O–H groups in total. The summed E-state index contributed by atoms with van der Waals surface area (Å²) < 4.78 is 6.62. The normalized spacial score (nSPS) is 16.4. The molecule has 1 aliphatic rings. The van der Waals surface area contributed by atoms with Crippen LogP contribution in [0.1, 0.15) is 221 Å². The number of hydrogen-bond acceptors (Lipinski definition) is 1. The molecule has 50 heavy (non-hydrogen) atoms. The Balaban J connectivity index is 0.0000240. The molecule has 1 nitrogen and oxygen atoms in total. The highest BCUT2D eigenvalue weighted by atomic mass is 16.5. The minimum atomic E-state index is 0. The van der Waals surface area contributed by atoms with E-state index in [4.69, 9.17) is 4.74 Å². The molecule has 0 aliphatic carbocycles. The summed E-state index contributed by atoms with van der Waals surface area (Å²) in [4.78, 5) is 0. The van der Waals surface area contributed by atoms with Gasteiger partial charge in [0, 0.05) is 18.4 Å². The molecule has 1 radical (unpaired) electrons. The number of hydrogen-bond donors (Lipinski definition) is 0. The maximum Gasteiger partial charge on any atom is 0.139 e. The van der Waals surface area contributed by atoms with E-state index in [0.717, 1.165) is 31.4 Å². The monoisotopic (exact) mass is 690 g/mol. The highest BCUT2D eigenvalue weighted by Gasteiger charge is 2.24. The Morgan fingerprint density at radius 2 is 0.820 bits per heavy atom. The predicted molar refractivity (Wildman–Crippen MR) is 227 cm³/mol. The Kier molecular flexibility index (Phi) is 38.2. The zero-order valence-corrected chi connectivity index (χ0v) is 33.0. The first-order chi connectivity index (χ1) is 24.3. The van der Waals surface area contributed by atoms with Crippen molar-refractivity contribution in [2.75, 3.05) is 0 Å². The van der Waals surface area contributed by atoms with Crippen LogP contribution in [0.15, 0.2) is 72.3 Å². The third-order valence-electron chi connectivity index (χ3n) is 9.72. The van der Waals surface area contributed by atoms with Crippen molar-refractivity contribution in [3.05, 3.63) is 78.3 Å². The summed E-state index contributed by atoms with van der Waals surface area (Å²) in [5.41, 5.74) is 3.45. The molecule has 0 aromatic carbocycles. The lowest BCUT2D eigenvalue weighted by Crippen LogP contribution is -2.25. The summed E-state index contributed by atoms with van der Waals surface area (Å²) in [5.74, 6) is 1.46. The van der Waals surface area contributed by atoms with Crippen LogP contribution in [0, 0.1) is 12.0 Å². The molecular formula is C49H85O. The molecule has 0 saturated heterocycles. The van der Waals surface area contributed by atoms with E-state index >= 15 is 0 Å². The van der Waals surface area contributed by atoms with Crippen LogP contribution in [0.2, 0.25) is 0 Å². The average molecular weight is 690 g/mol. The molecule has 0 bridgehead atoms. The summed E-state index contributed by atoms with van der Waals surface area (Å²) in [7, 11) is 0. The van der Waals surface area contributed by atoms with Gasteiger partial charge < -0.3 is 4.74 Å². The van der Waals surface area contributed by atoms with Crippen LogP contribution < -0.4 is 0 Å². The summed E-state index contributed by atoms with van der Waals surface area (Å²) in [6.07, 6.45) is 65.5. The van der Waals surface area contributed by atoms with Gasteiger partial charge in [-0.3, -0.25) is 0 Å². The molecule has 0 amide bonds. The fraction of sp³-hybridized carbons (Fsp3) is 0.735. The Labute approximate surface area is 315 Å². The van der Waals surface area contributed by atoms with E-state index in [1.54, 1.807) is 0 Å². The molecule has 287 valence electrons. The molecule has 2 atom stereocenters. The SMILES string of the molecule is C.CCCCC/C=C\C/C=C\CCCCCCCC1[C]=C=C(CC/C=C/CCCCC)OC1CCCCCCC/C=C\C/C=C\CCCCC. The number of rotatable bonds is 35. The quantitative estimate of drug-likeness (QED) is 0.0366. The van der Waals surface area contributed by atoms with Crippen molar-refractivity contribution in [2.45, 2.75) is 227 Å². The standard InChI is InChI=1S/C48H81O.CH4/c1-4-7-10-13-16-18-20-22-24-26-28-30-33-35-38-41-46-44-45-47(42-39-36-32-15-12-9-6-3)49-48(46)43-40-37-34-31-29-27-25-23-21-19-17-14-11-8-5-2;/h16-19,22-25,32,36,46,48H,4-15,20-21,26-31,33-35,37-43H2,1-3H3;1H4/b18-16-,19-17-,24-22-,25-23-,36-32+;.